The standard InChI is InChI=1S/C15H19ClN4/c1-3-4-12-19-14(16)13(17)15(20-12)18-9-11-7-5-10(2)6-8-11/h5-8H,3-4,9,17H2,1-2H3,(H,18,19,20). The van der Waals surface area contributed by atoms with E-state index < -0.39 is 0 Å². The lowest BCUT2D eigenvalue weighted by molar-refractivity contribution is 0.835. The normalized spacial score (nSPS) is 10.6. The van der Waals surface area contributed by atoms with Gasteiger partial charge in [-0.05, 0) is 18.9 Å². The highest BCUT2D eigenvalue weighted by molar-refractivity contribution is 6.32. The first-order valence-corrected chi connectivity index (χ1v) is 7.09. The van der Waals surface area contributed by atoms with Crippen molar-refractivity contribution >= 4 is 23.1 Å². The predicted molar refractivity (Wildman–Crippen MR) is 84.0 cm³/mol. The van der Waals surface area contributed by atoms with Crippen LogP contribution in [0.1, 0.15) is 30.3 Å². The number of nitrogens with one attached hydrogen (secondary N) is 1. The molecule has 0 amide bonds. The predicted octanol–water partition coefficient (Wildman–Crippen LogP) is 3.59. The number of hydrogen-bond donors (Lipinski definition) is 2. The van der Waals surface area contributed by atoms with Crippen LogP contribution in [-0.2, 0) is 13.0 Å². The smallest absolute Gasteiger partial charge is 0.157 e. The summed E-state index contributed by atoms with van der Waals surface area (Å²) in [5.41, 5.74) is 8.73. The third-order valence-electron chi connectivity index (χ3n) is 3.00. The quantitative estimate of drug-likeness (QED) is 0.826. The minimum absolute atomic E-state index is 0.315. The first-order chi connectivity index (χ1) is 9.60. The first-order valence-electron chi connectivity index (χ1n) is 6.71. The number of aromatic nitrogens is 2. The van der Waals surface area contributed by atoms with Crippen LogP contribution in [0.2, 0.25) is 5.15 Å². The third-order valence-corrected chi connectivity index (χ3v) is 3.29. The van der Waals surface area contributed by atoms with Gasteiger partial charge in [-0.1, -0.05) is 48.4 Å². The molecule has 1 aromatic carbocycles. The van der Waals surface area contributed by atoms with Crippen molar-refractivity contribution < 1.29 is 0 Å². The maximum Gasteiger partial charge on any atom is 0.157 e. The van der Waals surface area contributed by atoms with Crippen molar-refractivity contribution in [2.24, 2.45) is 0 Å². The number of nitrogens with zero attached hydrogens (tertiary/aromatic N) is 2. The van der Waals surface area contributed by atoms with Crippen LogP contribution >= 0.6 is 11.6 Å². The zero-order valence-electron chi connectivity index (χ0n) is 11.8. The number of benzene rings is 1. The fourth-order valence-corrected chi connectivity index (χ4v) is 2.03. The molecule has 5 heteroatoms. The third kappa shape index (κ3) is 3.61. The monoisotopic (exact) mass is 290 g/mol. The zero-order valence-corrected chi connectivity index (χ0v) is 12.5. The van der Waals surface area contributed by atoms with Crippen LogP contribution in [0.3, 0.4) is 0 Å². The number of rotatable bonds is 5. The molecule has 0 aliphatic heterocycles. The van der Waals surface area contributed by atoms with Gasteiger partial charge in [0.2, 0.25) is 0 Å². The number of nitrogen functional groups attached to an aromatic ring is 1. The van der Waals surface area contributed by atoms with Gasteiger partial charge in [-0.25, -0.2) is 9.97 Å². The molecule has 1 aromatic heterocycles. The van der Waals surface area contributed by atoms with Crippen molar-refractivity contribution in [2.45, 2.75) is 33.2 Å². The number of halogens is 1. The Kier molecular flexibility index (Phi) is 4.79. The van der Waals surface area contributed by atoms with Gasteiger partial charge in [-0.2, -0.15) is 0 Å². The highest BCUT2D eigenvalue weighted by Gasteiger charge is 2.09. The molecule has 2 rings (SSSR count). The summed E-state index contributed by atoms with van der Waals surface area (Å²) in [5.74, 6) is 1.33. The second-order valence-corrected chi connectivity index (χ2v) is 5.14. The Bertz CT molecular complexity index is 581. The number of aryl methyl sites for hydroxylation is 2. The van der Waals surface area contributed by atoms with E-state index in [2.05, 4.69) is 53.4 Å². The molecule has 4 nitrogen and oxygen atoms in total. The van der Waals surface area contributed by atoms with Gasteiger partial charge in [-0.15, -0.1) is 0 Å². The van der Waals surface area contributed by atoms with Crippen molar-refractivity contribution in [2.75, 3.05) is 11.1 Å². The van der Waals surface area contributed by atoms with E-state index in [1.165, 1.54) is 11.1 Å². The largest absolute Gasteiger partial charge is 0.393 e. The Balaban J connectivity index is 2.13. The average Bonchev–Trinajstić information content (AvgIpc) is 2.43. The fourth-order valence-electron chi connectivity index (χ4n) is 1.85. The van der Waals surface area contributed by atoms with Crippen LogP contribution in [0.5, 0.6) is 0 Å². The van der Waals surface area contributed by atoms with E-state index in [0.717, 1.165) is 18.7 Å². The SMILES string of the molecule is CCCc1nc(Cl)c(N)c(NCc2ccc(C)cc2)n1. The lowest BCUT2D eigenvalue weighted by atomic mass is 10.1. The molecule has 0 unspecified atom stereocenters. The van der Waals surface area contributed by atoms with Gasteiger partial charge in [0.15, 0.2) is 11.0 Å². The highest BCUT2D eigenvalue weighted by Crippen LogP contribution is 2.24. The molecule has 0 aliphatic carbocycles. The highest BCUT2D eigenvalue weighted by atomic mass is 35.5. The van der Waals surface area contributed by atoms with Gasteiger partial charge in [0.25, 0.3) is 0 Å². The molecular weight excluding hydrogens is 272 g/mol. The molecule has 0 aliphatic rings. The van der Waals surface area contributed by atoms with Gasteiger partial charge >= 0.3 is 0 Å². The van der Waals surface area contributed by atoms with Crippen LogP contribution in [0, 0.1) is 6.92 Å². The zero-order chi connectivity index (χ0) is 14.5. The van der Waals surface area contributed by atoms with Gasteiger partial charge in [0, 0.05) is 13.0 Å². The number of nitrogens with two attached hydrogens (primary N) is 1. The van der Waals surface area contributed by atoms with Crippen LogP contribution in [0.15, 0.2) is 24.3 Å². The van der Waals surface area contributed by atoms with Crippen molar-refractivity contribution in [3.05, 3.63) is 46.4 Å². The molecule has 1 heterocycles. The maximum atomic E-state index is 6.04. The van der Waals surface area contributed by atoms with Gasteiger partial charge < -0.3 is 11.1 Å². The molecule has 0 saturated heterocycles. The summed E-state index contributed by atoms with van der Waals surface area (Å²) < 4.78 is 0. The Morgan fingerprint density at radius 3 is 2.55 bits per heavy atom. The maximum absolute atomic E-state index is 6.04. The van der Waals surface area contributed by atoms with Gasteiger partial charge in [-0.3, -0.25) is 0 Å². The second-order valence-electron chi connectivity index (χ2n) is 4.78. The van der Waals surface area contributed by atoms with E-state index in [9.17, 15) is 0 Å². The average molecular weight is 291 g/mol. The van der Waals surface area contributed by atoms with Crippen LogP contribution in [0.25, 0.3) is 0 Å². The molecule has 0 spiro atoms. The van der Waals surface area contributed by atoms with E-state index in [0.29, 0.717) is 23.2 Å². The minimum Gasteiger partial charge on any atom is -0.393 e. The molecule has 0 saturated carbocycles. The topological polar surface area (TPSA) is 63.8 Å². The molecule has 2 aromatic rings. The van der Waals surface area contributed by atoms with Crippen LogP contribution < -0.4 is 11.1 Å². The molecule has 3 N–H and O–H groups in total. The fraction of sp³-hybridized carbons (Fsp3) is 0.333. The van der Waals surface area contributed by atoms with Crippen molar-refractivity contribution in [1.29, 1.82) is 0 Å². The van der Waals surface area contributed by atoms with Crippen molar-refractivity contribution in [3.8, 4) is 0 Å². The Hall–Kier alpha value is -1.81. The van der Waals surface area contributed by atoms with Crippen LogP contribution in [0.4, 0.5) is 11.5 Å². The summed E-state index contributed by atoms with van der Waals surface area (Å²) in [6.45, 7) is 4.80. The summed E-state index contributed by atoms with van der Waals surface area (Å²) in [6, 6.07) is 8.31. The van der Waals surface area contributed by atoms with Crippen molar-refractivity contribution in [3.63, 3.8) is 0 Å². The molecule has 0 radical (unpaired) electrons. The number of hydrogen-bond acceptors (Lipinski definition) is 4. The first kappa shape index (κ1) is 14.6. The summed E-state index contributed by atoms with van der Waals surface area (Å²) in [7, 11) is 0. The molecule has 106 valence electrons. The van der Waals surface area contributed by atoms with E-state index in [1.54, 1.807) is 0 Å². The van der Waals surface area contributed by atoms with E-state index in [4.69, 9.17) is 17.3 Å². The van der Waals surface area contributed by atoms with Crippen molar-refractivity contribution in [1.82, 2.24) is 9.97 Å². The summed E-state index contributed by atoms with van der Waals surface area (Å²) in [4.78, 5) is 8.60. The molecular formula is C15H19ClN4. The Morgan fingerprint density at radius 2 is 1.90 bits per heavy atom. The minimum atomic E-state index is 0.315. The molecule has 0 fully saturated rings. The summed E-state index contributed by atoms with van der Waals surface area (Å²) >= 11 is 6.04. The Morgan fingerprint density at radius 1 is 1.20 bits per heavy atom. The molecule has 0 bridgehead atoms. The van der Waals surface area contributed by atoms with E-state index in [1.807, 2.05) is 0 Å². The van der Waals surface area contributed by atoms with Crippen LogP contribution in [-0.4, -0.2) is 9.97 Å². The second kappa shape index (κ2) is 6.57. The molecule has 20 heavy (non-hydrogen) atoms. The van der Waals surface area contributed by atoms with E-state index >= 15 is 0 Å². The summed E-state index contributed by atoms with van der Waals surface area (Å²) in [5, 5.41) is 3.54. The lowest BCUT2D eigenvalue weighted by Crippen LogP contribution is -2.08. The van der Waals surface area contributed by atoms with E-state index in [-0.39, 0.29) is 0 Å². The van der Waals surface area contributed by atoms with Gasteiger partial charge in [0.1, 0.15) is 11.5 Å². The Labute approximate surface area is 124 Å². The lowest BCUT2D eigenvalue weighted by Gasteiger charge is -2.11. The van der Waals surface area contributed by atoms with Gasteiger partial charge in [0.05, 0.1) is 0 Å². The number of anilines is 2. The summed E-state index contributed by atoms with van der Waals surface area (Å²) in [6.07, 6.45) is 1.76. The molecule has 0 atom stereocenters.